The number of aromatic hydroxyl groups is 2. The van der Waals surface area contributed by atoms with Crippen molar-refractivity contribution in [3.63, 3.8) is 0 Å². The first-order valence-corrected chi connectivity index (χ1v) is 14.1. The van der Waals surface area contributed by atoms with E-state index in [1.807, 2.05) is 60.7 Å². The second kappa shape index (κ2) is 10.5. The molecule has 0 saturated carbocycles. The molecule has 6 nitrogen and oxygen atoms in total. The van der Waals surface area contributed by atoms with Crippen LogP contribution in [-0.4, -0.2) is 36.1 Å². The Hall–Kier alpha value is -4.67. The Balaban J connectivity index is 1.71. The Morgan fingerprint density at radius 2 is 1.05 bits per heavy atom. The lowest BCUT2D eigenvalue weighted by atomic mass is 10.2. The summed E-state index contributed by atoms with van der Waals surface area (Å²) in [5, 5.41) is 27.5. The molecule has 1 aromatic heterocycles. The summed E-state index contributed by atoms with van der Waals surface area (Å²) < 4.78 is 19.4. The number of phenols is 2. The van der Waals surface area contributed by atoms with Crippen molar-refractivity contribution < 1.29 is 24.4 Å². The standard InChI is InChI=1S/C33H28NO5P/c1-37-27-17-9-16-26(35)32(27)40(33-28(38-2)18-10-19-29(33)39-3)30-20-8-15-25(31(30)36)34-23-13-6-4-11-21(23)22-12-5-7-14-24(22)34/h4-20,35-36H,1-3H3. The van der Waals surface area contributed by atoms with Gasteiger partial charge in [0.05, 0.1) is 48.7 Å². The summed E-state index contributed by atoms with van der Waals surface area (Å²) in [6, 6.07) is 32.8. The Kier molecular flexibility index (Phi) is 6.71. The molecule has 0 radical (unpaired) electrons. The van der Waals surface area contributed by atoms with Crippen molar-refractivity contribution in [2.75, 3.05) is 21.3 Å². The third-order valence-electron chi connectivity index (χ3n) is 7.10. The first-order chi connectivity index (χ1) is 19.6. The van der Waals surface area contributed by atoms with Crippen LogP contribution in [0, 0.1) is 0 Å². The van der Waals surface area contributed by atoms with Crippen LogP contribution < -0.4 is 30.1 Å². The van der Waals surface area contributed by atoms with E-state index in [2.05, 4.69) is 28.8 Å². The molecule has 0 aliphatic carbocycles. The fraction of sp³-hybridized carbons (Fsp3) is 0.0909. The lowest BCUT2D eigenvalue weighted by Crippen LogP contribution is -2.25. The molecular weight excluding hydrogens is 521 g/mol. The Morgan fingerprint density at radius 3 is 1.62 bits per heavy atom. The highest BCUT2D eigenvalue weighted by atomic mass is 31.1. The van der Waals surface area contributed by atoms with Gasteiger partial charge < -0.3 is 29.0 Å². The first-order valence-electron chi connectivity index (χ1n) is 12.8. The van der Waals surface area contributed by atoms with Gasteiger partial charge in [0.15, 0.2) is 0 Å². The maximum atomic E-state index is 12.1. The van der Waals surface area contributed by atoms with Crippen molar-refractivity contribution in [1.82, 2.24) is 4.57 Å². The van der Waals surface area contributed by atoms with E-state index < -0.39 is 7.92 Å². The molecule has 5 aromatic carbocycles. The van der Waals surface area contributed by atoms with Crippen molar-refractivity contribution in [2.24, 2.45) is 0 Å². The number of phenolic OH excluding ortho intramolecular Hbond substituents is 2. The Morgan fingerprint density at radius 1 is 0.550 bits per heavy atom. The summed E-state index contributed by atoms with van der Waals surface area (Å²) in [7, 11) is 3.13. The molecule has 0 saturated heterocycles. The number of ether oxygens (including phenoxy) is 3. The van der Waals surface area contributed by atoms with Gasteiger partial charge in [0.1, 0.15) is 28.7 Å². The van der Waals surface area contributed by atoms with Gasteiger partial charge in [-0.15, -0.1) is 0 Å². The average molecular weight is 550 g/mol. The number of methoxy groups -OCH3 is 3. The second-order valence-corrected chi connectivity index (χ2v) is 11.2. The molecule has 7 heteroatoms. The van der Waals surface area contributed by atoms with E-state index in [0.29, 0.717) is 33.5 Å². The number of para-hydroxylation sites is 3. The predicted octanol–water partition coefficient (Wildman–Crippen LogP) is 5.98. The third-order valence-corrected chi connectivity index (χ3v) is 9.73. The summed E-state index contributed by atoms with van der Waals surface area (Å²) >= 11 is 0. The topological polar surface area (TPSA) is 73.1 Å². The molecule has 0 fully saturated rings. The summed E-state index contributed by atoms with van der Waals surface area (Å²) in [5.74, 6) is 1.81. The van der Waals surface area contributed by atoms with Crippen molar-refractivity contribution >= 4 is 45.6 Å². The van der Waals surface area contributed by atoms with E-state index in [4.69, 9.17) is 14.2 Å². The quantitative estimate of drug-likeness (QED) is 0.240. The highest BCUT2D eigenvalue weighted by Gasteiger charge is 2.32. The summed E-state index contributed by atoms with van der Waals surface area (Å²) in [6.45, 7) is 0. The maximum absolute atomic E-state index is 12.1. The Bertz CT molecular complexity index is 1790. The zero-order valence-corrected chi connectivity index (χ0v) is 23.2. The molecular formula is C33H28NO5P. The number of hydrogen-bond acceptors (Lipinski definition) is 5. The molecule has 0 bridgehead atoms. The predicted molar refractivity (Wildman–Crippen MR) is 162 cm³/mol. The van der Waals surface area contributed by atoms with Gasteiger partial charge in [-0.2, -0.15) is 0 Å². The van der Waals surface area contributed by atoms with Gasteiger partial charge in [-0.05, 0) is 48.5 Å². The maximum Gasteiger partial charge on any atom is 0.147 e. The zero-order valence-electron chi connectivity index (χ0n) is 22.3. The molecule has 0 aliphatic heterocycles. The lowest BCUT2D eigenvalue weighted by Gasteiger charge is -2.27. The van der Waals surface area contributed by atoms with Crippen LogP contribution in [0.25, 0.3) is 27.5 Å². The van der Waals surface area contributed by atoms with Crippen molar-refractivity contribution in [3.8, 4) is 34.4 Å². The van der Waals surface area contributed by atoms with Gasteiger partial charge in [-0.3, -0.25) is 0 Å². The minimum atomic E-state index is -1.63. The van der Waals surface area contributed by atoms with Gasteiger partial charge in [-0.25, -0.2) is 0 Å². The molecule has 6 rings (SSSR count). The number of hydrogen-bond donors (Lipinski definition) is 2. The van der Waals surface area contributed by atoms with Crippen LogP contribution in [-0.2, 0) is 0 Å². The monoisotopic (exact) mass is 549 g/mol. The molecule has 1 heterocycles. The molecule has 200 valence electrons. The summed E-state index contributed by atoms with van der Waals surface area (Å²) in [6.07, 6.45) is 0. The summed E-state index contributed by atoms with van der Waals surface area (Å²) in [5.41, 5.74) is 2.59. The second-order valence-electron chi connectivity index (χ2n) is 9.19. The average Bonchev–Trinajstić information content (AvgIpc) is 3.33. The van der Waals surface area contributed by atoms with E-state index in [0.717, 1.165) is 27.1 Å². The first kappa shape index (κ1) is 25.6. The fourth-order valence-corrected chi connectivity index (χ4v) is 8.10. The van der Waals surface area contributed by atoms with Crippen LogP contribution in [0.1, 0.15) is 0 Å². The highest BCUT2D eigenvalue weighted by Crippen LogP contribution is 2.48. The number of nitrogens with zero attached hydrogens (tertiary/aromatic N) is 1. The smallest absolute Gasteiger partial charge is 0.147 e. The van der Waals surface area contributed by atoms with Crippen molar-refractivity contribution in [3.05, 3.63) is 103 Å². The molecule has 1 unspecified atom stereocenters. The minimum absolute atomic E-state index is 0.0556. The normalized spacial score (nSPS) is 12.0. The fourth-order valence-electron chi connectivity index (χ4n) is 5.37. The molecule has 2 N–H and O–H groups in total. The molecule has 0 spiro atoms. The van der Waals surface area contributed by atoms with Crippen molar-refractivity contribution in [2.45, 2.75) is 0 Å². The van der Waals surface area contributed by atoms with Crippen LogP contribution >= 0.6 is 7.92 Å². The number of aromatic nitrogens is 1. The largest absolute Gasteiger partial charge is 0.507 e. The van der Waals surface area contributed by atoms with E-state index in [9.17, 15) is 10.2 Å². The van der Waals surface area contributed by atoms with Gasteiger partial charge in [0.2, 0.25) is 0 Å². The molecule has 1 atom stereocenters. The van der Waals surface area contributed by atoms with Crippen molar-refractivity contribution in [1.29, 1.82) is 0 Å². The number of benzene rings is 5. The van der Waals surface area contributed by atoms with Gasteiger partial charge in [0.25, 0.3) is 0 Å². The van der Waals surface area contributed by atoms with E-state index in [1.54, 1.807) is 39.5 Å². The van der Waals surface area contributed by atoms with Gasteiger partial charge in [0, 0.05) is 24.0 Å². The molecule has 40 heavy (non-hydrogen) atoms. The number of fused-ring (bicyclic) bond motifs is 3. The van der Waals surface area contributed by atoms with Crippen LogP contribution in [0.4, 0.5) is 0 Å². The van der Waals surface area contributed by atoms with E-state index in [1.165, 1.54) is 0 Å². The molecule has 6 aromatic rings. The molecule has 0 aliphatic rings. The van der Waals surface area contributed by atoms with Gasteiger partial charge in [-0.1, -0.05) is 54.6 Å². The third kappa shape index (κ3) is 4.00. The van der Waals surface area contributed by atoms with Crippen LogP contribution in [0.3, 0.4) is 0 Å². The minimum Gasteiger partial charge on any atom is -0.507 e. The van der Waals surface area contributed by atoms with E-state index in [-0.39, 0.29) is 11.5 Å². The van der Waals surface area contributed by atoms with Crippen LogP contribution in [0.15, 0.2) is 103 Å². The van der Waals surface area contributed by atoms with E-state index >= 15 is 0 Å². The number of rotatable bonds is 7. The molecule has 0 amide bonds. The lowest BCUT2D eigenvalue weighted by molar-refractivity contribution is 0.400. The Labute approximate surface area is 233 Å². The highest BCUT2D eigenvalue weighted by molar-refractivity contribution is 7.80. The van der Waals surface area contributed by atoms with Crippen LogP contribution in [0.5, 0.6) is 28.7 Å². The summed E-state index contributed by atoms with van der Waals surface area (Å²) in [4.78, 5) is 0. The SMILES string of the molecule is COc1cccc(O)c1P(c1cccc(-n2c3ccccc3c3ccccc32)c1O)c1c(OC)cccc1OC. The van der Waals surface area contributed by atoms with Crippen LogP contribution in [0.2, 0.25) is 0 Å². The van der Waals surface area contributed by atoms with Gasteiger partial charge >= 0.3 is 0 Å². The zero-order chi connectivity index (χ0) is 27.8.